The molecule has 0 aromatic carbocycles. The van der Waals surface area contributed by atoms with Crippen molar-refractivity contribution in [2.45, 2.75) is 25.9 Å². The SMILES string of the molecule is CN(C)c1ncc(CNC(C)(C)CO)s1. The first kappa shape index (κ1) is 12.4. The number of thiazole rings is 1. The van der Waals surface area contributed by atoms with E-state index < -0.39 is 0 Å². The second-order valence-electron chi connectivity index (χ2n) is 4.40. The molecule has 86 valence electrons. The van der Waals surface area contributed by atoms with Gasteiger partial charge in [-0.15, -0.1) is 11.3 Å². The lowest BCUT2D eigenvalue weighted by Gasteiger charge is -2.22. The van der Waals surface area contributed by atoms with Gasteiger partial charge < -0.3 is 15.3 Å². The van der Waals surface area contributed by atoms with Gasteiger partial charge in [-0.1, -0.05) is 0 Å². The fourth-order valence-electron chi connectivity index (χ4n) is 0.968. The molecule has 0 spiro atoms. The third kappa shape index (κ3) is 3.77. The number of aliphatic hydroxyl groups is 1. The molecule has 1 aromatic rings. The van der Waals surface area contributed by atoms with Crippen molar-refractivity contribution in [2.75, 3.05) is 25.6 Å². The lowest BCUT2D eigenvalue weighted by molar-refractivity contribution is 0.187. The molecule has 0 atom stereocenters. The van der Waals surface area contributed by atoms with Crippen molar-refractivity contribution in [2.24, 2.45) is 0 Å². The van der Waals surface area contributed by atoms with Crippen LogP contribution >= 0.6 is 11.3 Å². The second-order valence-corrected chi connectivity index (χ2v) is 5.49. The summed E-state index contributed by atoms with van der Waals surface area (Å²) >= 11 is 1.66. The monoisotopic (exact) mass is 229 g/mol. The topological polar surface area (TPSA) is 48.4 Å². The van der Waals surface area contributed by atoms with Crippen LogP contribution < -0.4 is 10.2 Å². The molecule has 0 aliphatic rings. The molecular formula is C10H19N3OS. The lowest BCUT2D eigenvalue weighted by Crippen LogP contribution is -2.41. The van der Waals surface area contributed by atoms with E-state index in [1.807, 2.05) is 39.0 Å². The van der Waals surface area contributed by atoms with Crippen molar-refractivity contribution in [3.63, 3.8) is 0 Å². The molecule has 0 bridgehead atoms. The van der Waals surface area contributed by atoms with Crippen LogP contribution in [0.2, 0.25) is 0 Å². The lowest BCUT2D eigenvalue weighted by atomic mass is 10.1. The van der Waals surface area contributed by atoms with E-state index in [0.717, 1.165) is 11.7 Å². The number of nitrogens with zero attached hydrogens (tertiary/aromatic N) is 2. The Hall–Kier alpha value is -0.650. The molecule has 0 aliphatic carbocycles. The van der Waals surface area contributed by atoms with Gasteiger partial charge in [-0.05, 0) is 13.8 Å². The summed E-state index contributed by atoms with van der Waals surface area (Å²) in [6.45, 7) is 4.83. The van der Waals surface area contributed by atoms with Crippen molar-refractivity contribution >= 4 is 16.5 Å². The maximum Gasteiger partial charge on any atom is 0.185 e. The van der Waals surface area contributed by atoms with Gasteiger partial charge in [-0.3, -0.25) is 0 Å². The number of aromatic nitrogens is 1. The van der Waals surface area contributed by atoms with Crippen LogP contribution in [0.3, 0.4) is 0 Å². The van der Waals surface area contributed by atoms with Crippen LogP contribution in [-0.2, 0) is 6.54 Å². The van der Waals surface area contributed by atoms with Crippen LogP contribution in [0.4, 0.5) is 5.13 Å². The zero-order valence-corrected chi connectivity index (χ0v) is 10.6. The van der Waals surface area contributed by atoms with E-state index in [2.05, 4.69) is 10.3 Å². The molecule has 2 N–H and O–H groups in total. The molecule has 0 saturated carbocycles. The van der Waals surface area contributed by atoms with Crippen molar-refractivity contribution in [1.29, 1.82) is 0 Å². The first-order chi connectivity index (χ1) is 6.94. The number of hydrogen-bond donors (Lipinski definition) is 2. The Kier molecular flexibility index (Phi) is 4.07. The van der Waals surface area contributed by atoms with Crippen LogP contribution in [0.15, 0.2) is 6.20 Å². The highest BCUT2D eigenvalue weighted by molar-refractivity contribution is 7.15. The molecule has 0 amide bonds. The van der Waals surface area contributed by atoms with Crippen molar-refractivity contribution in [3.05, 3.63) is 11.1 Å². The number of anilines is 1. The van der Waals surface area contributed by atoms with E-state index in [-0.39, 0.29) is 12.1 Å². The maximum absolute atomic E-state index is 9.08. The van der Waals surface area contributed by atoms with Gasteiger partial charge in [-0.2, -0.15) is 0 Å². The van der Waals surface area contributed by atoms with E-state index >= 15 is 0 Å². The smallest absolute Gasteiger partial charge is 0.185 e. The van der Waals surface area contributed by atoms with Gasteiger partial charge in [0.1, 0.15) is 0 Å². The molecule has 1 aromatic heterocycles. The van der Waals surface area contributed by atoms with Crippen LogP contribution in [-0.4, -0.2) is 36.3 Å². The fourth-order valence-corrected chi connectivity index (χ4v) is 1.74. The minimum Gasteiger partial charge on any atom is -0.394 e. The second kappa shape index (κ2) is 4.92. The Morgan fingerprint density at radius 1 is 1.53 bits per heavy atom. The zero-order chi connectivity index (χ0) is 11.5. The van der Waals surface area contributed by atoms with E-state index in [4.69, 9.17) is 5.11 Å². The van der Waals surface area contributed by atoms with Crippen molar-refractivity contribution in [1.82, 2.24) is 10.3 Å². The van der Waals surface area contributed by atoms with Crippen LogP contribution in [0, 0.1) is 0 Å². The van der Waals surface area contributed by atoms with Gasteiger partial charge in [-0.25, -0.2) is 4.98 Å². The molecular weight excluding hydrogens is 210 g/mol. The molecule has 0 radical (unpaired) electrons. The quantitative estimate of drug-likeness (QED) is 0.793. The summed E-state index contributed by atoms with van der Waals surface area (Å²) in [7, 11) is 3.96. The van der Waals surface area contributed by atoms with E-state index in [1.165, 1.54) is 4.88 Å². The van der Waals surface area contributed by atoms with Gasteiger partial charge in [0, 0.05) is 37.3 Å². The Labute approximate surface area is 94.9 Å². The minimum absolute atomic E-state index is 0.131. The number of hydrogen-bond acceptors (Lipinski definition) is 5. The Morgan fingerprint density at radius 2 is 2.20 bits per heavy atom. The molecule has 15 heavy (non-hydrogen) atoms. The van der Waals surface area contributed by atoms with Crippen molar-refractivity contribution < 1.29 is 5.11 Å². The minimum atomic E-state index is -0.234. The molecule has 0 unspecified atom stereocenters. The Balaban J connectivity index is 2.51. The predicted molar refractivity (Wildman–Crippen MR) is 64.4 cm³/mol. The number of rotatable bonds is 5. The zero-order valence-electron chi connectivity index (χ0n) is 9.74. The largest absolute Gasteiger partial charge is 0.394 e. The number of nitrogens with one attached hydrogen (secondary N) is 1. The average Bonchev–Trinajstić information content (AvgIpc) is 2.63. The standard InChI is InChI=1S/C10H19N3OS/c1-10(2,7-14)12-6-8-5-11-9(15-8)13(3)4/h5,12,14H,6-7H2,1-4H3. The van der Waals surface area contributed by atoms with Crippen LogP contribution in [0.25, 0.3) is 0 Å². The fraction of sp³-hybridized carbons (Fsp3) is 0.700. The van der Waals surface area contributed by atoms with Gasteiger partial charge >= 0.3 is 0 Å². The van der Waals surface area contributed by atoms with Gasteiger partial charge in [0.2, 0.25) is 0 Å². The third-order valence-corrected chi connectivity index (χ3v) is 3.23. The number of aliphatic hydroxyl groups excluding tert-OH is 1. The summed E-state index contributed by atoms with van der Waals surface area (Å²) in [5.74, 6) is 0. The van der Waals surface area contributed by atoms with Crippen LogP contribution in [0.5, 0.6) is 0 Å². The third-order valence-electron chi connectivity index (χ3n) is 2.06. The summed E-state index contributed by atoms with van der Waals surface area (Å²) in [4.78, 5) is 7.46. The molecule has 0 fully saturated rings. The molecule has 1 rings (SSSR count). The van der Waals surface area contributed by atoms with Gasteiger partial charge in [0.15, 0.2) is 5.13 Å². The average molecular weight is 229 g/mol. The van der Waals surface area contributed by atoms with Gasteiger partial charge in [0.05, 0.1) is 6.61 Å². The maximum atomic E-state index is 9.08. The summed E-state index contributed by atoms with van der Waals surface area (Å²) in [5, 5.41) is 13.4. The van der Waals surface area contributed by atoms with Gasteiger partial charge in [0.25, 0.3) is 0 Å². The van der Waals surface area contributed by atoms with Crippen molar-refractivity contribution in [3.8, 4) is 0 Å². The summed E-state index contributed by atoms with van der Waals surface area (Å²) in [6, 6.07) is 0. The predicted octanol–water partition coefficient (Wildman–Crippen LogP) is 1.07. The molecule has 5 heteroatoms. The first-order valence-electron chi connectivity index (χ1n) is 4.92. The van der Waals surface area contributed by atoms with E-state index in [1.54, 1.807) is 11.3 Å². The Bertz CT molecular complexity index is 309. The van der Waals surface area contributed by atoms with E-state index in [0.29, 0.717) is 0 Å². The molecule has 4 nitrogen and oxygen atoms in total. The molecule has 0 aliphatic heterocycles. The Morgan fingerprint density at radius 3 is 2.67 bits per heavy atom. The molecule has 1 heterocycles. The summed E-state index contributed by atoms with van der Waals surface area (Å²) < 4.78 is 0. The first-order valence-corrected chi connectivity index (χ1v) is 5.74. The normalized spacial score (nSPS) is 11.8. The molecule has 0 saturated heterocycles. The highest BCUT2D eigenvalue weighted by atomic mass is 32.1. The highest BCUT2D eigenvalue weighted by Gasteiger charge is 2.15. The highest BCUT2D eigenvalue weighted by Crippen LogP contribution is 2.20. The van der Waals surface area contributed by atoms with Crippen LogP contribution in [0.1, 0.15) is 18.7 Å². The summed E-state index contributed by atoms with van der Waals surface area (Å²) in [6.07, 6.45) is 1.88. The van der Waals surface area contributed by atoms with E-state index in [9.17, 15) is 0 Å². The summed E-state index contributed by atoms with van der Waals surface area (Å²) in [5.41, 5.74) is -0.234.